The summed E-state index contributed by atoms with van der Waals surface area (Å²) < 4.78 is 16.2. The normalized spacial score (nSPS) is 25.7. The van der Waals surface area contributed by atoms with E-state index < -0.39 is 30.6 Å². The van der Waals surface area contributed by atoms with Gasteiger partial charge >= 0.3 is 5.97 Å². The van der Waals surface area contributed by atoms with Gasteiger partial charge in [-0.05, 0) is 17.7 Å². The minimum Gasteiger partial charge on any atom is -0.459 e. The summed E-state index contributed by atoms with van der Waals surface area (Å²) in [7, 11) is 0. The van der Waals surface area contributed by atoms with Gasteiger partial charge in [-0.25, -0.2) is 4.79 Å². The predicted octanol–water partition coefficient (Wildman–Crippen LogP) is 1.51. The smallest absolute Gasteiger partial charge is 0.338 e. The fourth-order valence-electron chi connectivity index (χ4n) is 2.64. The van der Waals surface area contributed by atoms with Gasteiger partial charge in [-0.2, -0.15) is 0 Å². The molecule has 2 N–H and O–H groups in total. The molecule has 0 aliphatic carbocycles. The zero-order valence-electron chi connectivity index (χ0n) is 13.5. The summed E-state index contributed by atoms with van der Waals surface area (Å²) in [5, 5.41) is 19.8. The molecule has 1 heterocycles. The van der Waals surface area contributed by atoms with Gasteiger partial charge in [-0.1, -0.05) is 48.5 Å². The molecule has 0 radical (unpaired) electrons. The molecule has 0 amide bonds. The Morgan fingerprint density at radius 2 is 1.64 bits per heavy atom. The average molecular weight is 344 g/mol. The van der Waals surface area contributed by atoms with Crippen molar-refractivity contribution in [1.29, 1.82) is 0 Å². The first-order valence-electron chi connectivity index (χ1n) is 8.04. The van der Waals surface area contributed by atoms with Crippen molar-refractivity contribution in [2.45, 2.75) is 31.2 Å². The maximum Gasteiger partial charge on any atom is 0.338 e. The molecule has 132 valence electrons. The van der Waals surface area contributed by atoms with E-state index in [1.807, 2.05) is 30.3 Å². The Morgan fingerprint density at radius 1 is 1.00 bits per heavy atom. The van der Waals surface area contributed by atoms with Crippen molar-refractivity contribution in [3.05, 3.63) is 71.8 Å². The Morgan fingerprint density at radius 3 is 2.32 bits per heavy atom. The predicted molar refractivity (Wildman–Crippen MR) is 88.6 cm³/mol. The second kappa shape index (κ2) is 8.22. The molecule has 3 rings (SSSR count). The van der Waals surface area contributed by atoms with Crippen LogP contribution in [0.5, 0.6) is 0 Å². The second-order valence-electron chi connectivity index (χ2n) is 5.78. The highest BCUT2D eigenvalue weighted by molar-refractivity contribution is 5.89. The van der Waals surface area contributed by atoms with Crippen molar-refractivity contribution < 1.29 is 29.2 Å². The topological polar surface area (TPSA) is 85.2 Å². The van der Waals surface area contributed by atoms with Crippen LogP contribution in [0.2, 0.25) is 0 Å². The third-order valence-corrected chi connectivity index (χ3v) is 3.98. The third-order valence-electron chi connectivity index (χ3n) is 3.98. The SMILES string of the molecule is O=C(OC[C@H]1O[C@H](O)[C@@H](O)[C@@H]1OCc1ccccc1)c1ccccc1. The molecule has 1 saturated heterocycles. The third kappa shape index (κ3) is 4.43. The molecule has 0 aromatic heterocycles. The molecule has 6 nitrogen and oxygen atoms in total. The summed E-state index contributed by atoms with van der Waals surface area (Å²) in [5.41, 5.74) is 1.35. The Bertz CT molecular complexity index is 675. The number of aliphatic hydroxyl groups excluding tert-OH is 2. The molecule has 1 aliphatic heterocycles. The van der Waals surface area contributed by atoms with Crippen LogP contribution in [0.4, 0.5) is 0 Å². The van der Waals surface area contributed by atoms with Gasteiger partial charge in [0.15, 0.2) is 6.29 Å². The van der Waals surface area contributed by atoms with Gasteiger partial charge in [0.2, 0.25) is 0 Å². The van der Waals surface area contributed by atoms with E-state index in [0.29, 0.717) is 5.56 Å². The van der Waals surface area contributed by atoms with Gasteiger partial charge in [-0.3, -0.25) is 0 Å². The van der Waals surface area contributed by atoms with E-state index in [4.69, 9.17) is 14.2 Å². The molecule has 2 aromatic rings. The lowest BCUT2D eigenvalue weighted by atomic mass is 10.1. The molecule has 0 unspecified atom stereocenters. The van der Waals surface area contributed by atoms with Crippen LogP contribution in [-0.4, -0.2) is 47.4 Å². The fourth-order valence-corrected chi connectivity index (χ4v) is 2.64. The first kappa shape index (κ1) is 17.6. The molecular weight excluding hydrogens is 324 g/mol. The average Bonchev–Trinajstić information content (AvgIpc) is 2.93. The molecule has 1 fully saturated rings. The summed E-state index contributed by atoms with van der Waals surface area (Å²) in [6.07, 6.45) is -4.12. The summed E-state index contributed by atoms with van der Waals surface area (Å²) in [4.78, 5) is 12.0. The van der Waals surface area contributed by atoms with Gasteiger partial charge < -0.3 is 24.4 Å². The molecule has 4 atom stereocenters. The number of benzene rings is 2. The number of rotatable bonds is 6. The number of carbonyl (C=O) groups excluding carboxylic acids is 1. The van der Waals surface area contributed by atoms with E-state index in [-0.39, 0.29) is 13.2 Å². The Balaban J connectivity index is 1.57. The number of aliphatic hydroxyl groups is 2. The number of ether oxygens (including phenoxy) is 3. The maximum absolute atomic E-state index is 12.0. The van der Waals surface area contributed by atoms with Crippen molar-refractivity contribution in [2.75, 3.05) is 6.61 Å². The van der Waals surface area contributed by atoms with Crippen molar-refractivity contribution in [1.82, 2.24) is 0 Å². The van der Waals surface area contributed by atoms with E-state index >= 15 is 0 Å². The summed E-state index contributed by atoms with van der Waals surface area (Å²) in [6.45, 7) is 0.128. The van der Waals surface area contributed by atoms with Crippen LogP contribution in [0.25, 0.3) is 0 Å². The highest BCUT2D eigenvalue weighted by Crippen LogP contribution is 2.24. The van der Waals surface area contributed by atoms with E-state index in [2.05, 4.69) is 0 Å². The highest BCUT2D eigenvalue weighted by atomic mass is 16.7. The van der Waals surface area contributed by atoms with Crippen molar-refractivity contribution in [2.24, 2.45) is 0 Å². The number of hydrogen-bond donors (Lipinski definition) is 2. The Kier molecular flexibility index (Phi) is 5.78. The van der Waals surface area contributed by atoms with Crippen LogP contribution < -0.4 is 0 Å². The van der Waals surface area contributed by atoms with Gasteiger partial charge in [-0.15, -0.1) is 0 Å². The first-order valence-corrected chi connectivity index (χ1v) is 8.04. The van der Waals surface area contributed by atoms with Crippen molar-refractivity contribution >= 4 is 5.97 Å². The number of esters is 1. The molecule has 25 heavy (non-hydrogen) atoms. The largest absolute Gasteiger partial charge is 0.459 e. The summed E-state index contributed by atoms with van der Waals surface area (Å²) >= 11 is 0. The second-order valence-corrected chi connectivity index (χ2v) is 5.78. The van der Waals surface area contributed by atoms with Crippen LogP contribution in [-0.2, 0) is 20.8 Å². The molecule has 0 spiro atoms. The first-order chi connectivity index (χ1) is 12.1. The van der Waals surface area contributed by atoms with Crippen LogP contribution in [0.1, 0.15) is 15.9 Å². The Hall–Kier alpha value is -2.25. The molecule has 0 saturated carbocycles. The van der Waals surface area contributed by atoms with Gasteiger partial charge in [0.1, 0.15) is 24.9 Å². The monoisotopic (exact) mass is 344 g/mol. The molecule has 0 bridgehead atoms. The fraction of sp³-hybridized carbons (Fsp3) is 0.316. The van der Waals surface area contributed by atoms with Gasteiger partial charge in [0.05, 0.1) is 12.2 Å². The molecule has 6 heteroatoms. The van der Waals surface area contributed by atoms with Crippen molar-refractivity contribution in [3.63, 3.8) is 0 Å². The maximum atomic E-state index is 12.0. The lowest BCUT2D eigenvalue weighted by Gasteiger charge is -2.20. The van der Waals surface area contributed by atoms with Gasteiger partial charge in [0.25, 0.3) is 0 Å². The van der Waals surface area contributed by atoms with E-state index in [1.165, 1.54) is 0 Å². The Labute approximate surface area is 145 Å². The van der Waals surface area contributed by atoms with Gasteiger partial charge in [0, 0.05) is 0 Å². The quantitative estimate of drug-likeness (QED) is 0.773. The van der Waals surface area contributed by atoms with E-state index in [0.717, 1.165) is 5.56 Å². The molecule has 1 aliphatic rings. The minimum absolute atomic E-state index is 0.124. The van der Waals surface area contributed by atoms with Crippen LogP contribution >= 0.6 is 0 Å². The van der Waals surface area contributed by atoms with Crippen LogP contribution in [0, 0.1) is 0 Å². The highest BCUT2D eigenvalue weighted by Gasteiger charge is 2.44. The van der Waals surface area contributed by atoms with Crippen molar-refractivity contribution in [3.8, 4) is 0 Å². The standard InChI is InChI=1S/C19H20O6/c20-16-17(23-11-13-7-3-1-4-8-13)15(25-19(16)22)12-24-18(21)14-9-5-2-6-10-14/h1-10,15-17,19-20,22H,11-12H2/t15-,16+,17-,19+/m1/s1. The molecule has 2 aromatic carbocycles. The molecular formula is C19H20O6. The zero-order valence-corrected chi connectivity index (χ0v) is 13.5. The number of carbonyl (C=O) groups is 1. The van der Waals surface area contributed by atoms with E-state index in [1.54, 1.807) is 30.3 Å². The zero-order chi connectivity index (χ0) is 17.6. The summed E-state index contributed by atoms with van der Waals surface area (Å²) in [5.74, 6) is -0.498. The lowest BCUT2D eigenvalue weighted by molar-refractivity contribution is -0.133. The summed E-state index contributed by atoms with van der Waals surface area (Å²) in [6, 6.07) is 18.0. The van der Waals surface area contributed by atoms with Crippen LogP contribution in [0.15, 0.2) is 60.7 Å². The minimum atomic E-state index is -1.37. The lowest BCUT2D eigenvalue weighted by Crippen LogP contribution is -2.37. The number of hydrogen-bond acceptors (Lipinski definition) is 6. The van der Waals surface area contributed by atoms with E-state index in [9.17, 15) is 15.0 Å². The van der Waals surface area contributed by atoms with Crippen LogP contribution in [0.3, 0.4) is 0 Å².